The van der Waals surface area contributed by atoms with Crippen LogP contribution in [0.1, 0.15) is 0 Å². The van der Waals surface area contributed by atoms with Crippen molar-refractivity contribution in [2.24, 2.45) is 10.9 Å². The first-order valence-electron chi connectivity index (χ1n) is 5.38. The Morgan fingerprint density at radius 3 is 2.89 bits per heavy atom. The first-order chi connectivity index (χ1) is 8.42. The third kappa shape index (κ3) is 5.52. The average molecular weight is 271 g/mol. The number of alkyl halides is 3. The van der Waals surface area contributed by atoms with Gasteiger partial charge in [0.1, 0.15) is 12.7 Å². The molecule has 0 aromatic rings. The summed E-state index contributed by atoms with van der Waals surface area (Å²) in [5.41, 5.74) is 5.39. The Labute approximate surface area is 102 Å². The number of nitrogens with two attached hydrogens (primary N) is 1. The maximum absolute atomic E-state index is 11.8. The van der Waals surface area contributed by atoms with E-state index in [4.69, 9.17) is 15.7 Å². The van der Waals surface area contributed by atoms with Crippen molar-refractivity contribution in [1.82, 2.24) is 4.90 Å². The van der Waals surface area contributed by atoms with Crippen molar-refractivity contribution in [3.8, 4) is 0 Å². The fourth-order valence-corrected chi connectivity index (χ4v) is 1.53. The van der Waals surface area contributed by atoms with Crippen LogP contribution in [-0.2, 0) is 9.47 Å². The van der Waals surface area contributed by atoms with Gasteiger partial charge in [-0.25, -0.2) is 0 Å². The molecule has 106 valence electrons. The summed E-state index contributed by atoms with van der Waals surface area (Å²) < 4.78 is 45.2. The Bertz CT molecular complexity index is 286. The van der Waals surface area contributed by atoms with Crippen LogP contribution < -0.4 is 5.73 Å². The predicted molar refractivity (Wildman–Crippen MR) is 56.5 cm³/mol. The Morgan fingerprint density at radius 2 is 2.28 bits per heavy atom. The third-order valence-electron chi connectivity index (χ3n) is 2.41. The molecule has 0 radical (unpaired) electrons. The van der Waals surface area contributed by atoms with Gasteiger partial charge >= 0.3 is 6.18 Å². The molecule has 1 heterocycles. The zero-order valence-electron chi connectivity index (χ0n) is 9.69. The maximum atomic E-state index is 11.8. The number of rotatable bonds is 5. The normalized spacial score (nSPS) is 23.3. The minimum Gasteiger partial charge on any atom is -0.409 e. The van der Waals surface area contributed by atoms with Crippen LogP contribution in [0.3, 0.4) is 0 Å². The summed E-state index contributed by atoms with van der Waals surface area (Å²) in [6, 6.07) is 0. The molecular formula is C9H16F3N3O3. The second-order valence-electron chi connectivity index (χ2n) is 3.85. The second-order valence-corrected chi connectivity index (χ2v) is 3.85. The van der Waals surface area contributed by atoms with Gasteiger partial charge in [-0.1, -0.05) is 5.16 Å². The molecule has 1 fully saturated rings. The van der Waals surface area contributed by atoms with E-state index in [-0.39, 0.29) is 12.4 Å². The van der Waals surface area contributed by atoms with Crippen LogP contribution in [0.5, 0.6) is 0 Å². The average Bonchev–Trinajstić information content (AvgIpc) is 2.33. The fourth-order valence-electron chi connectivity index (χ4n) is 1.53. The van der Waals surface area contributed by atoms with Crippen LogP contribution in [0.15, 0.2) is 5.16 Å². The van der Waals surface area contributed by atoms with Crippen LogP contribution in [0.4, 0.5) is 13.2 Å². The van der Waals surface area contributed by atoms with Gasteiger partial charge in [0.05, 0.1) is 13.2 Å². The lowest BCUT2D eigenvalue weighted by Crippen LogP contribution is -2.49. The van der Waals surface area contributed by atoms with Gasteiger partial charge in [-0.2, -0.15) is 13.2 Å². The zero-order valence-corrected chi connectivity index (χ0v) is 9.69. The molecule has 1 saturated heterocycles. The summed E-state index contributed by atoms with van der Waals surface area (Å²) in [6.45, 7) is 0.383. The first-order valence-corrected chi connectivity index (χ1v) is 5.38. The molecule has 1 atom stereocenters. The summed E-state index contributed by atoms with van der Waals surface area (Å²) >= 11 is 0. The Kier molecular flexibility index (Phi) is 5.63. The molecule has 0 spiro atoms. The summed E-state index contributed by atoms with van der Waals surface area (Å²) in [5.74, 6) is -0.0455. The van der Waals surface area contributed by atoms with Gasteiger partial charge in [0.25, 0.3) is 0 Å². The van der Waals surface area contributed by atoms with Gasteiger partial charge in [-0.15, -0.1) is 0 Å². The number of ether oxygens (including phenoxy) is 2. The summed E-state index contributed by atoms with van der Waals surface area (Å²) in [5, 5.41) is 11.3. The SMILES string of the molecule is NC(=NO)C1CN(CCOCC(F)(F)F)CCO1. The van der Waals surface area contributed by atoms with E-state index in [2.05, 4.69) is 9.89 Å². The van der Waals surface area contributed by atoms with Crippen LogP contribution in [-0.4, -0.2) is 67.7 Å². The van der Waals surface area contributed by atoms with Crippen molar-refractivity contribution in [2.45, 2.75) is 12.3 Å². The van der Waals surface area contributed by atoms with E-state index in [1.165, 1.54) is 0 Å². The molecule has 0 saturated carbocycles. The van der Waals surface area contributed by atoms with Gasteiger partial charge in [0, 0.05) is 19.6 Å². The lowest BCUT2D eigenvalue weighted by Gasteiger charge is -2.31. The van der Waals surface area contributed by atoms with E-state index >= 15 is 0 Å². The number of hydrogen-bond acceptors (Lipinski definition) is 5. The smallest absolute Gasteiger partial charge is 0.409 e. The largest absolute Gasteiger partial charge is 0.411 e. The van der Waals surface area contributed by atoms with Crippen molar-refractivity contribution in [3.05, 3.63) is 0 Å². The highest BCUT2D eigenvalue weighted by atomic mass is 19.4. The van der Waals surface area contributed by atoms with Gasteiger partial charge in [-0.3, -0.25) is 4.90 Å². The molecule has 1 unspecified atom stereocenters. The quantitative estimate of drug-likeness (QED) is 0.242. The van der Waals surface area contributed by atoms with Crippen LogP contribution in [0, 0.1) is 0 Å². The summed E-state index contributed by atoms with van der Waals surface area (Å²) in [4.78, 5) is 1.84. The molecule has 1 aliphatic rings. The van der Waals surface area contributed by atoms with Crippen LogP contribution in [0.2, 0.25) is 0 Å². The minimum absolute atomic E-state index is 0.0254. The van der Waals surface area contributed by atoms with Crippen LogP contribution in [0.25, 0.3) is 0 Å². The van der Waals surface area contributed by atoms with Gasteiger partial charge in [0.2, 0.25) is 0 Å². The first kappa shape index (κ1) is 15.0. The lowest BCUT2D eigenvalue weighted by atomic mass is 10.2. The Balaban J connectivity index is 2.22. The summed E-state index contributed by atoms with van der Waals surface area (Å²) in [7, 11) is 0. The predicted octanol–water partition coefficient (Wildman–Crippen LogP) is 0.0125. The van der Waals surface area contributed by atoms with Gasteiger partial charge in [0.15, 0.2) is 5.84 Å². The standard InChI is InChI=1S/C9H16F3N3O3/c10-9(11,12)6-17-3-1-15-2-4-18-7(5-15)8(13)14-16/h7,16H,1-6H2,(H2,13,14). The van der Waals surface area contributed by atoms with Crippen molar-refractivity contribution in [2.75, 3.05) is 39.5 Å². The molecule has 3 N–H and O–H groups in total. The van der Waals surface area contributed by atoms with Gasteiger partial charge in [-0.05, 0) is 0 Å². The molecule has 0 aliphatic carbocycles. The van der Waals surface area contributed by atoms with E-state index in [1.807, 2.05) is 4.90 Å². The highest BCUT2D eigenvalue weighted by Crippen LogP contribution is 2.14. The highest BCUT2D eigenvalue weighted by molar-refractivity contribution is 5.84. The van der Waals surface area contributed by atoms with Crippen molar-refractivity contribution in [3.63, 3.8) is 0 Å². The molecule has 1 aliphatic heterocycles. The van der Waals surface area contributed by atoms with Crippen molar-refractivity contribution >= 4 is 5.84 Å². The molecule has 0 amide bonds. The second kappa shape index (κ2) is 6.76. The van der Waals surface area contributed by atoms with E-state index in [0.717, 1.165) is 0 Å². The van der Waals surface area contributed by atoms with E-state index < -0.39 is 18.9 Å². The Hall–Kier alpha value is -1.06. The molecular weight excluding hydrogens is 255 g/mol. The number of oxime groups is 1. The van der Waals surface area contributed by atoms with Gasteiger partial charge < -0.3 is 20.4 Å². The molecule has 1 rings (SSSR count). The topological polar surface area (TPSA) is 80.3 Å². The van der Waals surface area contributed by atoms with E-state index in [1.54, 1.807) is 0 Å². The number of nitrogens with zero attached hydrogens (tertiary/aromatic N) is 2. The van der Waals surface area contributed by atoms with E-state index in [9.17, 15) is 13.2 Å². The minimum atomic E-state index is -4.30. The van der Waals surface area contributed by atoms with Crippen molar-refractivity contribution in [1.29, 1.82) is 0 Å². The molecule has 0 bridgehead atoms. The summed E-state index contributed by atoms with van der Waals surface area (Å²) in [6.07, 6.45) is -4.84. The number of amidine groups is 1. The highest BCUT2D eigenvalue weighted by Gasteiger charge is 2.28. The monoisotopic (exact) mass is 271 g/mol. The van der Waals surface area contributed by atoms with E-state index in [0.29, 0.717) is 26.2 Å². The van der Waals surface area contributed by atoms with Crippen molar-refractivity contribution < 1.29 is 27.9 Å². The third-order valence-corrected chi connectivity index (χ3v) is 2.41. The zero-order chi connectivity index (χ0) is 13.6. The fraction of sp³-hybridized carbons (Fsp3) is 0.889. The molecule has 0 aromatic carbocycles. The van der Waals surface area contributed by atoms with Crippen LogP contribution >= 0.6 is 0 Å². The Morgan fingerprint density at radius 1 is 1.56 bits per heavy atom. The molecule has 0 aromatic heterocycles. The molecule has 6 nitrogen and oxygen atoms in total. The lowest BCUT2D eigenvalue weighted by molar-refractivity contribution is -0.175. The number of morpholine rings is 1. The maximum Gasteiger partial charge on any atom is 0.411 e. The number of hydrogen-bond donors (Lipinski definition) is 2. The molecule has 9 heteroatoms. The molecule has 18 heavy (non-hydrogen) atoms. The number of halogens is 3.